The molecule has 2 atom stereocenters. The predicted octanol–water partition coefficient (Wildman–Crippen LogP) is 1.55. The van der Waals surface area contributed by atoms with E-state index in [4.69, 9.17) is 5.11 Å². The molecule has 0 saturated heterocycles. The van der Waals surface area contributed by atoms with Crippen LogP contribution in [0.5, 0.6) is 0 Å². The van der Waals surface area contributed by atoms with Crippen LogP contribution in [0, 0.1) is 12.8 Å². The Morgan fingerprint density at radius 2 is 2.14 bits per heavy atom. The third-order valence-corrected chi connectivity index (χ3v) is 2.90. The van der Waals surface area contributed by atoms with E-state index in [2.05, 4.69) is 5.10 Å². The van der Waals surface area contributed by atoms with Crippen LogP contribution in [-0.2, 0) is 11.8 Å². The first-order valence-corrected chi connectivity index (χ1v) is 4.66. The molecule has 1 rings (SSSR count). The monoisotopic (exact) mass is 196 g/mol. The highest BCUT2D eigenvalue weighted by molar-refractivity contribution is 5.70. The van der Waals surface area contributed by atoms with Crippen molar-refractivity contribution in [2.75, 3.05) is 0 Å². The minimum Gasteiger partial charge on any atom is -0.481 e. The number of hydrogen-bond donors (Lipinski definition) is 1. The molecule has 1 N–H and O–H groups in total. The fourth-order valence-electron chi connectivity index (χ4n) is 1.45. The number of aliphatic carboxylic acids is 1. The highest BCUT2D eigenvalue weighted by Gasteiger charge is 2.23. The topological polar surface area (TPSA) is 55.1 Å². The van der Waals surface area contributed by atoms with Crippen molar-refractivity contribution in [3.63, 3.8) is 0 Å². The maximum Gasteiger partial charge on any atom is 0.306 e. The molecule has 0 aliphatic heterocycles. The highest BCUT2D eigenvalue weighted by atomic mass is 16.4. The molecule has 14 heavy (non-hydrogen) atoms. The van der Waals surface area contributed by atoms with E-state index in [1.807, 2.05) is 20.9 Å². The van der Waals surface area contributed by atoms with Gasteiger partial charge in [0.2, 0.25) is 0 Å². The minimum atomic E-state index is -0.763. The molecule has 0 saturated carbocycles. The summed E-state index contributed by atoms with van der Waals surface area (Å²) in [5, 5.41) is 13.0. The second kappa shape index (κ2) is 3.82. The van der Waals surface area contributed by atoms with Crippen molar-refractivity contribution in [2.45, 2.75) is 26.7 Å². The summed E-state index contributed by atoms with van der Waals surface area (Å²) in [5.74, 6) is -1.14. The lowest BCUT2D eigenvalue weighted by molar-refractivity contribution is -0.141. The molecular weight excluding hydrogens is 180 g/mol. The van der Waals surface area contributed by atoms with Crippen molar-refractivity contribution in [1.82, 2.24) is 9.78 Å². The van der Waals surface area contributed by atoms with Crippen LogP contribution < -0.4 is 0 Å². The Kier molecular flexibility index (Phi) is 2.93. The fraction of sp³-hybridized carbons (Fsp3) is 0.600. The molecule has 1 aromatic heterocycles. The van der Waals surface area contributed by atoms with E-state index in [0.29, 0.717) is 0 Å². The maximum atomic E-state index is 10.8. The van der Waals surface area contributed by atoms with Gasteiger partial charge in [0.15, 0.2) is 0 Å². The zero-order valence-corrected chi connectivity index (χ0v) is 8.98. The molecule has 0 aromatic carbocycles. The number of nitrogens with zero attached hydrogens (tertiary/aromatic N) is 2. The average molecular weight is 196 g/mol. The van der Waals surface area contributed by atoms with Gasteiger partial charge in [-0.2, -0.15) is 5.10 Å². The van der Waals surface area contributed by atoms with Gasteiger partial charge in [-0.3, -0.25) is 9.48 Å². The van der Waals surface area contributed by atoms with Gasteiger partial charge in [0.1, 0.15) is 0 Å². The summed E-state index contributed by atoms with van der Waals surface area (Å²) in [6, 6.07) is 0. The third kappa shape index (κ3) is 1.78. The van der Waals surface area contributed by atoms with Gasteiger partial charge in [0.05, 0.1) is 12.1 Å². The standard InChI is InChI=1S/C10H16N2O2/c1-6(7(2)10(13)14)9-5-11-12(4)8(9)3/h5-7H,1-4H3,(H,13,14). The van der Waals surface area contributed by atoms with E-state index in [9.17, 15) is 4.79 Å². The molecule has 78 valence electrons. The van der Waals surface area contributed by atoms with Crippen molar-refractivity contribution in [2.24, 2.45) is 13.0 Å². The van der Waals surface area contributed by atoms with Crippen LogP contribution in [0.1, 0.15) is 31.0 Å². The number of carbonyl (C=O) groups is 1. The van der Waals surface area contributed by atoms with Gasteiger partial charge in [0, 0.05) is 12.7 Å². The number of hydrogen-bond acceptors (Lipinski definition) is 2. The van der Waals surface area contributed by atoms with Crippen LogP contribution in [0.3, 0.4) is 0 Å². The van der Waals surface area contributed by atoms with E-state index in [-0.39, 0.29) is 11.8 Å². The van der Waals surface area contributed by atoms with Crippen LogP contribution in [0.4, 0.5) is 0 Å². The summed E-state index contributed by atoms with van der Waals surface area (Å²) in [7, 11) is 1.86. The van der Waals surface area contributed by atoms with Gasteiger partial charge >= 0.3 is 5.97 Å². The maximum absolute atomic E-state index is 10.8. The number of aromatic nitrogens is 2. The molecule has 4 heteroatoms. The van der Waals surface area contributed by atoms with Gasteiger partial charge < -0.3 is 5.11 Å². The lowest BCUT2D eigenvalue weighted by Crippen LogP contribution is -2.17. The molecule has 1 heterocycles. The number of rotatable bonds is 3. The summed E-state index contributed by atoms with van der Waals surface area (Å²) in [5.41, 5.74) is 2.05. The zero-order valence-electron chi connectivity index (χ0n) is 8.98. The Morgan fingerprint density at radius 3 is 2.50 bits per heavy atom. The molecule has 0 amide bonds. The largest absolute Gasteiger partial charge is 0.481 e. The van der Waals surface area contributed by atoms with Crippen LogP contribution in [-0.4, -0.2) is 20.9 Å². The zero-order chi connectivity index (χ0) is 10.9. The van der Waals surface area contributed by atoms with E-state index >= 15 is 0 Å². The number of aryl methyl sites for hydroxylation is 1. The van der Waals surface area contributed by atoms with Crippen LogP contribution in [0.15, 0.2) is 6.20 Å². The Hall–Kier alpha value is -1.32. The molecule has 0 radical (unpaired) electrons. The lowest BCUT2D eigenvalue weighted by atomic mass is 9.89. The van der Waals surface area contributed by atoms with Crippen molar-refractivity contribution in [1.29, 1.82) is 0 Å². The van der Waals surface area contributed by atoms with Crippen LogP contribution >= 0.6 is 0 Å². The smallest absolute Gasteiger partial charge is 0.306 e. The summed E-state index contributed by atoms with van der Waals surface area (Å²) in [6.07, 6.45) is 1.75. The molecule has 0 spiro atoms. The van der Waals surface area contributed by atoms with Crippen LogP contribution in [0.2, 0.25) is 0 Å². The lowest BCUT2D eigenvalue weighted by Gasteiger charge is -2.15. The van der Waals surface area contributed by atoms with Gasteiger partial charge in [-0.1, -0.05) is 13.8 Å². The Balaban J connectivity index is 2.94. The highest BCUT2D eigenvalue weighted by Crippen LogP contribution is 2.26. The Labute approximate surface area is 83.5 Å². The molecule has 0 fully saturated rings. The SMILES string of the molecule is Cc1c(C(C)C(C)C(=O)O)cnn1C. The van der Waals surface area contributed by atoms with Crippen molar-refractivity contribution >= 4 is 5.97 Å². The predicted molar refractivity (Wildman–Crippen MR) is 53.2 cm³/mol. The second-order valence-corrected chi connectivity index (χ2v) is 3.72. The molecule has 0 bridgehead atoms. The molecule has 4 nitrogen and oxygen atoms in total. The van der Waals surface area contributed by atoms with E-state index < -0.39 is 5.97 Å². The molecule has 0 aliphatic rings. The first-order chi connectivity index (χ1) is 6.45. The first-order valence-electron chi connectivity index (χ1n) is 4.66. The molecular formula is C10H16N2O2. The first kappa shape index (κ1) is 10.8. The summed E-state index contributed by atoms with van der Waals surface area (Å²) >= 11 is 0. The molecule has 0 aliphatic carbocycles. The normalized spacial score (nSPS) is 15.1. The number of carboxylic acids is 1. The van der Waals surface area contributed by atoms with E-state index in [1.165, 1.54) is 0 Å². The number of carboxylic acid groups (broad SMARTS) is 1. The summed E-state index contributed by atoms with van der Waals surface area (Å²) < 4.78 is 1.76. The van der Waals surface area contributed by atoms with E-state index in [1.54, 1.807) is 17.8 Å². The second-order valence-electron chi connectivity index (χ2n) is 3.72. The Bertz CT molecular complexity index is 344. The van der Waals surface area contributed by atoms with E-state index in [0.717, 1.165) is 11.3 Å². The average Bonchev–Trinajstić information content (AvgIpc) is 2.45. The van der Waals surface area contributed by atoms with Gasteiger partial charge in [-0.15, -0.1) is 0 Å². The summed E-state index contributed by atoms with van der Waals surface area (Å²) in [6.45, 7) is 5.59. The fourth-order valence-corrected chi connectivity index (χ4v) is 1.45. The van der Waals surface area contributed by atoms with Crippen LogP contribution in [0.25, 0.3) is 0 Å². The van der Waals surface area contributed by atoms with Crippen molar-refractivity contribution in [3.8, 4) is 0 Å². The third-order valence-electron chi connectivity index (χ3n) is 2.90. The van der Waals surface area contributed by atoms with Gasteiger partial charge in [-0.05, 0) is 18.4 Å². The van der Waals surface area contributed by atoms with Gasteiger partial charge in [0.25, 0.3) is 0 Å². The molecule has 2 unspecified atom stereocenters. The van der Waals surface area contributed by atoms with Crippen molar-refractivity contribution in [3.05, 3.63) is 17.5 Å². The van der Waals surface area contributed by atoms with Gasteiger partial charge in [-0.25, -0.2) is 0 Å². The minimum absolute atomic E-state index is 0.00111. The molecule has 1 aromatic rings. The van der Waals surface area contributed by atoms with Crippen molar-refractivity contribution < 1.29 is 9.90 Å². The Morgan fingerprint density at radius 1 is 1.57 bits per heavy atom. The summed E-state index contributed by atoms with van der Waals surface area (Å²) in [4.78, 5) is 10.8. The quantitative estimate of drug-likeness (QED) is 0.798.